The minimum Gasteiger partial charge on any atom is -0.463 e. The van der Waals surface area contributed by atoms with E-state index < -0.39 is 42.1 Å². The summed E-state index contributed by atoms with van der Waals surface area (Å²) in [6.07, 6.45) is 1.84. The number of hydrogen-bond acceptors (Lipinski definition) is 12. The Kier molecular flexibility index (Phi) is 12.6. The van der Waals surface area contributed by atoms with Gasteiger partial charge in [-0.3, -0.25) is 19.2 Å². The summed E-state index contributed by atoms with van der Waals surface area (Å²) in [5.74, 6) is -2.29. The Morgan fingerprint density at radius 1 is 1.15 bits per heavy atom. The summed E-state index contributed by atoms with van der Waals surface area (Å²) in [5, 5.41) is 3.56. The molecule has 0 spiro atoms. The van der Waals surface area contributed by atoms with Crippen LogP contribution >= 0.6 is 23.4 Å². The zero-order valence-electron chi connectivity index (χ0n) is 23.3. The van der Waals surface area contributed by atoms with Crippen LogP contribution in [0.2, 0.25) is 0 Å². The average Bonchev–Trinajstić information content (AvgIpc) is 3.22. The molecule has 2 heterocycles. The predicted molar refractivity (Wildman–Crippen MR) is 149 cm³/mol. The number of nitrogens with zero attached hydrogens (tertiary/aromatic N) is 5. The minimum absolute atomic E-state index is 0.203. The molecule has 0 aliphatic rings. The number of hydrogen-bond donors (Lipinski definition) is 1. The number of alkyl halides is 1. The summed E-state index contributed by atoms with van der Waals surface area (Å²) >= 11 is 7.01. The van der Waals surface area contributed by atoms with Crippen molar-refractivity contribution >= 4 is 76.1 Å². The highest BCUT2D eigenvalue weighted by atomic mass is 35.5. The number of fused-ring (bicyclic) bond motifs is 1. The van der Waals surface area contributed by atoms with Crippen LogP contribution < -0.4 is 5.32 Å². The van der Waals surface area contributed by atoms with E-state index in [0.29, 0.717) is 27.7 Å². The predicted octanol–water partition coefficient (Wildman–Crippen LogP) is 2.34. The second-order valence-electron chi connectivity index (χ2n) is 8.66. The van der Waals surface area contributed by atoms with Gasteiger partial charge in [0.25, 0.3) is 0 Å². The highest BCUT2D eigenvalue weighted by Crippen LogP contribution is 2.34. The topological polar surface area (TPSA) is 164 Å². The first-order valence-electron chi connectivity index (χ1n) is 12.0. The van der Waals surface area contributed by atoms with Gasteiger partial charge in [-0.2, -0.15) is 0 Å². The van der Waals surface area contributed by atoms with Crippen LogP contribution in [0.25, 0.3) is 11.0 Å². The molecule has 16 heteroatoms. The van der Waals surface area contributed by atoms with Gasteiger partial charge in [0.15, 0.2) is 22.7 Å². The zero-order chi connectivity index (χ0) is 30.0. The monoisotopic (exact) mass is 600 g/mol. The number of anilines is 1. The highest BCUT2D eigenvalue weighted by molar-refractivity contribution is 7.98. The number of aromatic nitrogens is 3. The molecular formula is C24H33ClN6O8S. The molecule has 0 radical (unpaired) electrons. The standard InChI is InChI=1S/C24H33ClN6O8S/c1-13(38-15(3)33)21(39-16(4)34)18(10-36-14(2)32)37-12-31-9-17(27-19(35)8-25)20-22(26-11-30(5)6)28-24(40-7)29-23(20)31/h9,11,13,18,21H,8,10,12H2,1-7H3,(H,27,35)/b26-11+/t13?,18-,21+/m1/s1. The molecule has 0 fully saturated rings. The van der Waals surface area contributed by atoms with Gasteiger partial charge in [-0.15, -0.1) is 11.6 Å². The van der Waals surface area contributed by atoms with Crippen molar-refractivity contribution in [3.63, 3.8) is 0 Å². The second-order valence-corrected chi connectivity index (χ2v) is 9.70. The quantitative estimate of drug-likeness (QED) is 0.0641. The largest absolute Gasteiger partial charge is 0.463 e. The number of carbonyl (C=O) groups excluding carboxylic acids is 4. The lowest BCUT2D eigenvalue weighted by molar-refractivity contribution is -0.186. The normalized spacial score (nSPS) is 13.5. The Hall–Kier alpha value is -3.43. The van der Waals surface area contributed by atoms with Crippen molar-refractivity contribution in [3.8, 4) is 0 Å². The molecule has 0 aliphatic carbocycles. The Bertz CT molecular complexity index is 1250. The van der Waals surface area contributed by atoms with E-state index in [1.165, 1.54) is 39.5 Å². The van der Waals surface area contributed by atoms with Crippen molar-refractivity contribution in [2.24, 2.45) is 4.99 Å². The van der Waals surface area contributed by atoms with Crippen molar-refractivity contribution < 1.29 is 38.1 Å². The van der Waals surface area contributed by atoms with E-state index in [0.717, 1.165) is 0 Å². The Labute approximate surface area is 240 Å². The molecule has 2 aromatic rings. The van der Waals surface area contributed by atoms with Crippen LogP contribution in [0.3, 0.4) is 0 Å². The lowest BCUT2D eigenvalue weighted by Crippen LogP contribution is -2.45. The van der Waals surface area contributed by atoms with E-state index in [1.807, 2.05) is 0 Å². The minimum atomic E-state index is -1.12. The molecule has 0 bridgehead atoms. The van der Waals surface area contributed by atoms with E-state index >= 15 is 0 Å². The van der Waals surface area contributed by atoms with Crippen molar-refractivity contribution in [1.82, 2.24) is 19.4 Å². The molecular weight excluding hydrogens is 568 g/mol. The smallest absolute Gasteiger partial charge is 0.303 e. The maximum absolute atomic E-state index is 12.2. The fraction of sp³-hybridized carbons (Fsp3) is 0.542. The van der Waals surface area contributed by atoms with Gasteiger partial charge in [-0.25, -0.2) is 15.0 Å². The van der Waals surface area contributed by atoms with E-state index in [2.05, 4.69) is 20.3 Å². The molecule has 3 atom stereocenters. The van der Waals surface area contributed by atoms with Gasteiger partial charge in [0.1, 0.15) is 31.4 Å². The zero-order valence-corrected chi connectivity index (χ0v) is 24.9. The van der Waals surface area contributed by atoms with Gasteiger partial charge < -0.3 is 33.7 Å². The van der Waals surface area contributed by atoms with Crippen molar-refractivity contribution in [1.29, 1.82) is 0 Å². The number of rotatable bonds is 14. The van der Waals surface area contributed by atoms with Crippen LogP contribution in [-0.4, -0.2) is 101 Å². The number of carbonyl (C=O) groups is 4. The molecule has 14 nitrogen and oxygen atoms in total. The number of nitrogens with one attached hydrogen (secondary N) is 1. The van der Waals surface area contributed by atoms with Crippen molar-refractivity contribution in [3.05, 3.63) is 6.20 Å². The molecule has 220 valence electrons. The number of aliphatic imine (C=N–C) groups is 1. The molecule has 1 amide bonds. The number of ether oxygens (including phenoxy) is 4. The summed E-state index contributed by atoms with van der Waals surface area (Å²) in [6, 6.07) is 0. The fourth-order valence-corrected chi connectivity index (χ4v) is 3.91. The van der Waals surface area contributed by atoms with Gasteiger partial charge in [-0.05, 0) is 13.2 Å². The third-order valence-corrected chi connectivity index (χ3v) is 5.82. The van der Waals surface area contributed by atoms with Gasteiger partial charge in [-0.1, -0.05) is 11.8 Å². The van der Waals surface area contributed by atoms with E-state index in [1.54, 1.807) is 42.4 Å². The van der Waals surface area contributed by atoms with Crippen molar-refractivity contribution in [2.45, 2.75) is 57.9 Å². The summed E-state index contributed by atoms with van der Waals surface area (Å²) < 4.78 is 23.4. The third kappa shape index (κ3) is 9.64. The molecule has 40 heavy (non-hydrogen) atoms. The van der Waals surface area contributed by atoms with Crippen LogP contribution in [0.4, 0.5) is 11.5 Å². The molecule has 0 saturated heterocycles. The maximum Gasteiger partial charge on any atom is 0.303 e. The number of amides is 1. The average molecular weight is 601 g/mol. The summed E-state index contributed by atoms with van der Waals surface area (Å²) in [4.78, 5) is 62.5. The molecule has 0 saturated carbocycles. The van der Waals surface area contributed by atoms with Gasteiger partial charge in [0.05, 0.1) is 17.4 Å². The van der Waals surface area contributed by atoms with Crippen LogP contribution in [0.15, 0.2) is 16.3 Å². The summed E-state index contributed by atoms with van der Waals surface area (Å²) in [6.45, 7) is 4.64. The Morgan fingerprint density at radius 3 is 2.38 bits per heavy atom. The van der Waals surface area contributed by atoms with Crippen LogP contribution in [0, 0.1) is 0 Å². The third-order valence-electron chi connectivity index (χ3n) is 5.03. The van der Waals surface area contributed by atoms with E-state index in [-0.39, 0.29) is 19.2 Å². The number of thioether (sulfide) groups is 1. The van der Waals surface area contributed by atoms with Crippen LogP contribution in [-0.2, 0) is 44.9 Å². The van der Waals surface area contributed by atoms with Crippen molar-refractivity contribution in [2.75, 3.05) is 38.2 Å². The molecule has 2 rings (SSSR count). The first-order valence-corrected chi connectivity index (χ1v) is 13.7. The summed E-state index contributed by atoms with van der Waals surface area (Å²) in [5.41, 5.74) is 0.711. The Morgan fingerprint density at radius 2 is 1.82 bits per heavy atom. The van der Waals surface area contributed by atoms with Gasteiger partial charge in [0, 0.05) is 41.1 Å². The lowest BCUT2D eigenvalue weighted by Gasteiger charge is -2.30. The number of halogens is 1. The van der Waals surface area contributed by atoms with Crippen LogP contribution in [0.5, 0.6) is 0 Å². The molecule has 1 unspecified atom stereocenters. The molecule has 0 aromatic carbocycles. The highest BCUT2D eigenvalue weighted by Gasteiger charge is 2.34. The molecule has 1 N–H and O–H groups in total. The summed E-state index contributed by atoms with van der Waals surface area (Å²) in [7, 11) is 3.60. The fourth-order valence-electron chi connectivity index (χ4n) is 3.49. The van der Waals surface area contributed by atoms with E-state index in [9.17, 15) is 19.2 Å². The van der Waals surface area contributed by atoms with Gasteiger partial charge in [0.2, 0.25) is 5.91 Å². The number of esters is 3. The first-order chi connectivity index (χ1) is 18.9. The first kappa shape index (κ1) is 32.8. The maximum atomic E-state index is 12.2. The SMILES string of the molecule is CSc1nc(/N=C/N(C)C)c2c(NC(=O)CCl)cn(CO[C@H](COC(C)=O)[C@@H](OC(C)=O)C(C)OC(C)=O)c2n1. The molecule has 2 aromatic heterocycles. The second kappa shape index (κ2) is 15.4. The van der Waals surface area contributed by atoms with Gasteiger partial charge >= 0.3 is 17.9 Å². The van der Waals surface area contributed by atoms with Crippen LogP contribution in [0.1, 0.15) is 27.7 Å². The Balaban J connectivity index is 2.58. The van der Waals surface area contributed by atoms with E-state index in [4.69, 9.17) is 30.5 Å². The lowest BCUT2D eigenvalue weighted by atomic mass is 10.1. The molecule has 0 aliphatic heterocycles.